The number of rotatable bonds is 4. The van der Waals surface area contributed by atoms with Crippen LogP contribution in [0.5, 0.6) is 5.75 Å². The van der Waals surface area contributed by atoms with Crippen LogP contribution in [0.1, 0.15) is 22.3 Å². The maximum absolute atomic E-state index is 8.75. The summed E-state index contributed by atoms with van der Waals surface area (Å²) in [5, 5.41) is 9.53. The van der Waals surface area contributed by atoms with E-state index in [0.29, 0.717) is 12.2 Å². The summed E-state index contributed by atoms with van der Waals surface area (Å²) in [4.78, 5) is 0. The van der Waals surface area contributed by atoms with Crippen molar-refractivity contribution in [2.45, 2.75) is 18.9 Å². The highest BCUT2D eigenvalue weighted by Crippen LogP contribution is 2.26. The van der Waals surface area contributed by atoms with Crippen molar-refractivity contribution in [1.29, 1.82) is 5.26 Å². The van der Waals surface area contributed by atoms with E-state index in [9.17, 15) is 0 Å². The molecule has 0 amide bonds. The molecular weight excluding hydrogens is 302 g/mol. The number of halogens is 1. The summed E-state index contributed by atoms with van der Waals surface area (Å²) < 4.78 is 5.91. The molecule has 0 aliphatic heterocycles. The highest BCUT2D eigenvalue weighted by molar-refractivity contribution is 9.08. The number of aryl methyl sites for hydroxylation is 1. The van der Waals surface area contributed by atoms with Crippen LogP contribution in [0.2, 0.25) is 0 Å². The Labute approximate surface area is 121 Å². The number of benzene rings is 2. The number of ether oxygens (including phenoxy) is 1. The fraction of sp³-hybridized carbons (Fsp3) is 0.188. The van der Waals surface area contributed by atoms with E-state index in [0.717, 1.165) is 27.8 Å². The minimum atomic E-state index is 0.510. The van der Waals surface area contributed by atoms with Crippen LogP contribution >= 0.6 is 15.9 Å². The molecule has 0 radical (unpaired) electrons. The van der Waals surface area contributed by atoms with Gasteiger partial charge in [-0.1, -0.05) is 46.3 Å². The van der Waals surface area contributed by atoms with Gasteiger partial charge in [0.2, 0.25) is 0 Å². The molecule has 0 saturated carbocycles. The van der Waals surface area contributed by atoms with Gasteiger partial charge in [0.25, 0.3) is 0 Å². The summed E-state index contributed by atoms with van der Waals surface area (Å²) in [6, 6.07) is 15.7. The molecule has 0 bridgehead atoms. The average Bonchev–Trinajstić information content (AvgIpc) is 2.46. The molecule has 2 aromatic carbocycles. The lowest BCUT2D eigenvalue weighted by Crippen LogP contribution is -1.99. The van der Waals surface area contributed by atoms with Crippen LogP contribution < -0.4 is 4.74 Å². The Morgan fingerprint density at radius 2 is 1.89 bits per heavy atom. The monoisotopic (exact) mass is 315 g/mol. The summed E-state index contributed by atoms with van der Waals surface area (Å²) in [6.07, 6.45) is 0. The Morgan fingerprint density at radius 1 is 1.16 bits per heavy atom. The first kappa shape index (κ1) is 13.6. The zero-order valence-corrected chi connectivity index (χ0v) is 12.3. The summed E-state index contributed by atoms with van der Waals surface area (Å²) in [5.41, 5.74) is 4.00. The quantitative estimate of drug-likeness (QED) is 0.786. The Hall–Kier alpha value is -1.79. The highest BCUT2D eigenvalue weighted by Gasteiger charge is 2.06. The fourth-order valence-corrected chi connectivity index (χ4v) is 2.30. The average molecular weight is 316 g/mol. The lowest BCUT2D eigenvalue weighted by Gasteiger charge is -2.12. The first-order valence-electron chi connectivity index (χ1n) is 6.01. The second-order valence-electron chi connectivity index (χ2n) is 4.29. The summed E-state index contributed by atoms with van der Waals surface area (Å²) >= 11 is 3.47. The SMILES string of the molecule is Cc1cccc(CBr)c1OCc1ccc(C#N)cc1. The molecule has 96 valence electrons. The van der Waals surface area contributed by atoms with Crippen LogP contribution in [0.15, 0.2) is 42.5 Å². The minimum Gasteiger partial charge on any atom is -0.488 e. The number of hydrogen-bond acceptors (Lipinski definition) is 2. The number of alkyl halides is 1. The third-order valence-corrected chi connectivity index (χ3v) is 3.51. The Bertz CT molecular complexity index is 599. The molecule has 2 aromatic rings. The second-order valence-corrected chi connectivity index (χ2v) is 4.85. The molecule has 0 spiro atoms. The van der Waals surface area contributed by atoms with Gasteiger partial charge in [-0.05, 0) is 30.2 Å². The molecule has 0 heterocycles. The Kier molecular flexibility index (Phi) is 4.59. The third-order valence-electron chi connectivity index (χ3n) is 2.90. The lowest BCUT2D eigenvalue weighted by atomic mass is 10.1. The predicted octanol–water partition coefficient (Wildman–Crippen LogP) is 4.34. The zero-order chi connectivity index (χ0) is 13.7. The number of para-hydroxylation sites is 1. The minimum absolute atomic E-state index is 0.510. The number of hydrogen-bond donors (Lipinski definition) is 0. The van der Waals surface area contributed by atoms with Crippen LogP contribution in [0.3, 0.4) is 0 Å². The molecule has 19 heavy (non-hydrogen) atoms. The van der Waals surface area contributed by atoms with E-state index in [1.165, 1.54) is 0 Å². The number of nitrogens with zero attached hydrogens (tertiary/aromatic N) is 1. The molecule has 0 aliphatic carbocycles. The van der Waals surface area contributed by atoms with Crippen LogP contribution in [0.25, 0.3) is 0 Å². The van der Waals surface area contributed by atoms with Crippen LogP contribution in [-0.2, 0) is 11.9 Å². The largest absolute Gasteiger partial charge is 0.488 e. The van der Waals surface area contributed by atoms with Crippen molar-refractivity contribution in [2.75, 3.05) is 0 Å². The second kappa shape index (κ2) is 6.40. The van der Waals surface area contributed by atoms with Crippen molar-refractivity contribution in [1.82, 2.24) is 0 Å². The molecule has 0 atom stereocenters. The summed E-state index contributed by atoms with van der Waals surface area (Å²) in [7, 11) is 0. The molecule has 3 heteroatoms. The van der Waals surface area contributed by atoms with Gasteiger partial charge in [-0.25, -0.2) is 0 Å². The van der Waals surface area contributed by atoms with Gasteiger partial charge in [0, 0.05) is 10.9 Å². The van der Waals surface area contributed by atoms with Crippen molar-refractivity contribution in [3.63, 3.8) is 0 Å². The smallest absolute Gasteiger partial charge is 0.126 e. The maximum atomic E-state index is 8.75. The molecule has 2 nitrogen and oxygen atoms in total. The fourth-order valence-electron chi connectivity index (χ4n) is 1.86. The van der Waals surface area contributed by atoms with Crippen LogP contribution in [-0.4, -0.2) is 0 Å². The van der Waals surface area contributed by atoms with Crippen LogP contribution in [0, 0.1) is 18.3 Å². The molecule has 0 fully saturated rings. The maximum Gasteiger partial charge on any atom is 0.126 e. The standard InChI is InChI=1S/C16H14BrNO/c1-12-3-2-4-15(9-17)16(12)19-11-14-7-5-13(10-18)6-8-14/h2-8H,9,11H2,1H3. The van der Waals surface area contributed by atoms with Crippen molar-refractivity contribution in [3.05, 3.63) is 64.7 Å². The highest BCUT2D eigenvalue weighted by atomic mass is 79.9. The first-order chi connectivity index (χ1) is 9.24. The molecule has 2 rings (SSSR count). The predicted molar refractivity (Wildman–Crippen MR) is 79.3 cm³/mol. The van der Waals surface area contributed by atoms with E-state index in [-0.39, 0.29) is 0 Å². The van der Waals surface area contributed by atoms with Gasteiger partial charge < -0.3 is 4.74 Å². The molecule has 0 unspecified atom stereocenters. The van der Waals surface area contributed by atoms with Gasteiger partial charge in [-0.3, -0.25) is 0 Å². The molecule has 0 aliphatic rings. The van der Waals surface area contributed by atoms with Gasteiger partial charge >= 0.3 is 0 Å². The Morgan fingerprint density at radius 3 is 2.53 bits per heavy atom. The van der Waals surface area contributed by atoms with Gasteiger partial charge in [0.05, 0.1) is 11.6 Å². The molecular formula is C16H14BrNO. The van der Waals surface area contributed by atoms with Crippen molar-refractivity contribution in [3.8, 4) is 11.8 Å². The van der Waals surface area contributed by atoms with E-state index in [4.69, 9.17) is 10.00 Å². The van der Waals surface area contributed by atoms with Crippen LogP contribution in [0.4, 0.5) is 0 Å². The third kappa shape index (κ3) is 3.36. The Balaban J connectivity index is 2.12. The van der Waals surface area contributed by atoms with Crippen molar-refractivity contribution in [2.24, 2.45) is 0 Å². The number of nitriles is 1. The van der Waals surface area contributed by atoms with Gasteiger partial charge in [0.1, 0.15) is 12.4 Å². The first-order valence-corrected chi connectivity index (χ1v) is 7.13. The zero-order valence-electron chi connectivity index (χ0n) is 10.7. The topological polar surface area (TPSA) is 33.0 Å². The normalized spacial score (nSPS) is 9.95. The molecule has 0 saturated heterocycles. The molecule has 0 aromatic heterocycles. The van der Waals surface area contributed by atoms with E-state index < -0.39 is 0 Å². The van der Waals surface area contributed by atoms with E-state index in [2.05, 4.69) is 28.1 Å². The van der Waals surface area contributed by atoms with Gasteiger partial charge in [-0.2, -0.15) is 5.26 Å². The van der Waals surface area contributed by atoms with Gasteiger partial charge in [0.15, 0.2) is 0 Å². The van der Waals surface area contributed by atoms with E-state index >= 15 is 0 Å². The summed E-state index contributed by atoms with van der Waals surface area (Å²) in [6.45, 7) is 2.55. The van der Waals surface area contributed by atoms with E-state index in [1.54, 1.807) is 0 Å². The summed E-state index contributed by atoms with van der Waals surface area (Å²) in [5.74, 6) is 0.934. The van der Waals surface area contributed by atoms with Crippen molar-refractivity contribution >= 4 is 15.9 Å². The lowest BCUT2D eigenvalue weighted by molar-refractivity contribution is 0.302. The van der Waals surface area contributed by atoms with Crippen molar-refractivity contribution < 1.29 is 4.74 Å². The molecule has 0 N–H and O–H groups in total. The van der Waals surface area contributed by atoms with E-state index in [1.807, 2.05) is 43.3 Å². The van der Waals surface area contributed by atoms with Gasteiger partial charge in [-0.15, -0.1) is 0 Å².